The Morgan fingerprint density at radius 1 is 0.792 bits per heavy atom. The van der Waals surface area contributed by atoms with Crippen LogP contribution in [0.3, 0.4) is 0 Å². The van der Waals surface area contributed by atoms with E-state index in [2.05, 4.69) is 18.9 Å². The highest BCUT2D eigenvalue weighted by Gasteiger charge is 2.22. The van der Waals surface area contributed by atoms with E-state index in [1.54, 1.807) is 0 Å². The molecular formula is C20H40O4. The zero-order valence-corrected chi connectivity index (χ0v) is 16.7. The van der Waals surface area contributed by atoms with Crippen molar-refractivity contribution in [2.45, 2.75) is 117 Å². The SMILES string of the molecule is CCCCCCCCC(CCCCCC)C(=O)OOOC(C)(C)C. The minimum absolute atomic E-state index is 0.0726. The summed E-state index contributed by atoms with van der Waals surface area (Å²) in [6.45, 7) is 9.96. The van der Waals surface area contributed by atoms with Crippen molar-refractivity contribution in [1.82, 2.24) is 0 Å². The van der Waals surface area contributed by atoms with E-state index in [0.717, 1.165) is 25.7 Å². The molecule has 0 saturated carbocycles. The van der Waals surface area contributed by atoms with Crippen LogP contribution in [-0.2, 0) is 19.6 Å². The van der Waals surface area contributed by atoms with Gasteiger partial charge in [0.2, 0.25) is 0 Å². The van der Waals surface area contributed by atoms with Gasteiger partial charge >= 0.3 is 5.97 Å². The van der Waals surface area contributed by atoms with Crippen molar-refractivity contribution >= 4 is 5.97 Å². The number of rotatable bonds is 15. The molecule has 0 aliphatic rings. The van der Waals surface area contributed by atoms with Crippen LogP contribution in [0.25, 0.3) is 0 Å². The Morgan fingerprint density at radius 2 is 1.25 bits per heavy atom. The number of hydrogen-bond acceptors (Lipinski definition) is 4. The summed E-state index contributed by atoms with van der Waals surface area (Å²) in [7, 11) is 0. The Morgan fingerprint density at radius 3 is 1.75 bits per heavy atom. The van der Waals surface area contributed by atoms with E-state index in [0.29, 0.717) is 0 Å². The van der Waals surface area contributed by atoms with Crippen molar-refractivity contribution < 1.29 is 19.6 Å². The van der Waals surface area contributed by atoms with Crippen LogP contribution in [-0.4, -0.2) is 11.6 Å². The van der Waals surface area contributed by atoms with Gasteiger partial charge in [0, 0.05) is 0 Å². The highest BCUT2D eigenvalue weighted by molar-refractivity contribution is 5.71. The topological polar surface area (TPSA) is 44.8 Å². The predicted octanol–water partition coefficient (Wildman–Crippen LogP) is 6.53. The maximum atomic E-state index is 12.2. The first-order valence-electron chi connectivity index (χ1n) is 9.97. The van der Waals surface area contributed by atoms with Crippen molar-refractivity contribution in [3.63, 3.8) is 0 Å². The van der Waals surface area contributed by atoms with Gasteiger partial charge in [-0.3, -0.25) is 4.89 Å². The standard InChI is InChI=1S/C20H40O4/c1-6-8-10-12-13-15-17-18(16-14-11-9-7-2)19(21)22-24-23-20(3,4)5/h18H,6-17H2,1-5H3. The van der Waals surface area contributed by atoms with E-state index in [-0.39, 0.29) is 11.9 Å². The second-order valence-corrected chi connectivity index (χ2v) is 7.77. The van der Waals surface area contributed by atoms with Gasteiger partial charge in [-0.25, -0.2) is 4.79 Å². The molecule has 0 fully saturated rings. The van der Waals surface area contributed by atoms with E-state index in [1.807, 2.05) is 20.8 Å². The molecule has 0 radical (unpaired) electrons. The van der Waals surface area contributed by atoms with Crippen LogP contribution in [0.5, 0.6) is 0 Å². The molecule has 1 atom stereocenters. The van der Waals surface area contributed by atoms with Crippen LogP contribution in [0.15, 0.2) is 0 Å². The van der Waals surface area contributed by atoms with Gasteiger partial charge in [0.1, 0.15) is 0 Å². The number of carbonyl (C=O) groups is 1. The van der Waals surface area contributed by atoms with Gasteiger partial charge in [-0.2, -0.15) is 4.89 Å². The number of unbranched alkanes of at least 4 members (excludes halogenated alkanes) is 8. The minimum Gasteiger partial charge on any atom is -0.269 e. The fourth-order valence-corrected chi connectivity index (χ4v) is 2.59. The predicted molar refractivity (Wildman–Crippen MR) is 98.3 cm³/mol. The fraction of sp³-hybridized carbons (Fsp3) is 0.950. The van der Waals surface area contributed by atoms with Crippen LogP contribution in [0.4, 0.5) is 0 Å². The minimum atomic E-state index is -0.490. The average molecular weight is 345 g/mol. The summed E-state index contributed by atoms with van der Waals surface area (Å²) >= 11 is 0. The van der Waals surface area contributed by atoms with Crippen LogP contribution >= 0.6 is 0 Å². The quantitative estimate of drug-likeness (QED) is 0.192. The lowest BCUT2D eigenvalue weighted by Crippen LogP contribution is -2.23. The lowest BCUT2D eigenvalue weighted by molar-refractivity contribution is -0.515. The van der Waals surface area contributed by atoms with E-state index in [4.69, 9.17) is 9.78 Å². The molecule has 0 amide bonds. The molecule has 0 rings (SSSR count). The Hall–Kier alpha value is -0.610. The zero-order chi connectivity index (χ0) is 18.3. The van der Waals surface area contributed by atoms with Crippen molar-refractivity contribution in [2.75, 3.05) is 0 Å². The lowest BCUT2D eigenvalue weighted by atomic mass is 9.94. The van der Waals surface area contributed by atoms with Crippen LogP contribution < -0.4 is 0 Å². The summed E-state index contributed by atoms with van der Waals surface area (Å²) in [6.07, 6.45) is 13.8. The molecule has 0 bridgehead atoms. The molecule has 24 heavy (non-hydrogen) atoms. The van der Waals surface area contributed by atoms with E-state index in [1.165, 1.54) is 51.4 Å². The number of carbonyl (C=O) groups excluding carboxylic acids is 1. The Kier molecular flexibility index (Phi) is 14.3. The largest absolute Gasteiger partial charge is 0.348 e. The molecule has 0 saturated heterocycles. The lowest BCUT2D eigenvalue weighted by Gasteiger charge is -2.18. The first kappa shape index (κ1) is 23.4. The molecule has 0 aromatic rings. The maximum absolute atomic E-state index is 12.2. The summed E-state index contributed by atoms with van der Waals surface area (Å²) < 4.78 is 0. The molecule has 0 spiro atoms. The summed E-state index contributed by atoms with van der Waals surface area (Å²) in [5.41, 5.74) is -0.490. The van der Waals surface area contributed by atoms with Crippen molar-refractivity contribution in [3.8, 4) is 0 Å². The van der Waals surface area contributed by atoms with Gasteiger partial charge in [0.25, 0.3) is 0 Å². The second-order valence-electron chi connectivity index (χ2n) is 7.77. The van der Waals surface area contributed by atoms with Gasteiger partial charge in [-0.15, -0.1) is 0 Å². The average Bonchev–Trinajstić information content (AvgIpc) is 2.51. The molecule has 0 aromatic carbocycles. The third-order valence-corrected chi connectivity index (χ3v) is 4.05. The monoisotopic (exact) mass is 344 g/mol. The van der Waals surface area contributed by atoms with Crippen molar-refractivity contribution in [2.24, 2.45) is 5.92 Å². The third-order valence-electron chi connectivity index (χ3n) is 4.05. The first-order chi connectivity index (χ1) is 11.4. The van der Waals surface area contributed by atoms with Gasteiger partial charge in [0.05, 0.1) is 11.5 Å². The molecule has 0 aliphatic carbocycles. The van der Waals surface area contributed by atoms with Gasteiger partial charge in [0.15, 0.2) is 0 Å². The normalized spacial score (nSPS) is 13.0. The summed E-state index contributed by atoms with van der Waals surface area (Å²) in [5.74, 6) is -0.360. The zero-order valence-electron chi connectivity index (χ0n) is 16.7. The van der Waals surface area contributed by atoms with E-state index in [9.17, 15) is 4.79 Å². The van der Waals surface area contributed by atoms with Gasteiger partial charge in [-0.05, 0) is 38.7 Å². The smallest absolute Gasteiger partial charge is 0.269 e. The Labute approximate surface area is 149 Å². The highest BCUT2D eigenvalue weighted by atomic mass is 17.5. The van der Waals surface area contributed by atoms with Crippen LogP contribution in [0, 0.1) is 5.92 Å². The number of hydrogen-bond donors (Lipinski definition) is 0. The molecular weight excluding hydrogens is 304 g/mol. The highest BCUT2D eigenvalue weighted by Crippen LogP contribution is 2.21. The fourth-order valence-electron chi connectivity index (χ4n) is 2.59. The summed E-state index contributed by atoms with van der Waals surface area (Å²) in [4.78, 5) is 22.1. The summed E-state index contributed by atoms with van der Waals surface area (Å²) in [5, 5.41) is 4.68. The molecule has 4 heteroatoms. The molecule has 0 heterocycles. The van der Waals surface area contributed by atoms with Gasteiger partial charge in [-0.1, -0.05) is 78.1 Å². The van der Waals surface area contributed by atoms with Crippen LogP contribution in [0.2, 0.25) is 0 Å². The van der Waals surface area contributed by atoms with Crippen molar-refractivity contribution in [3.05, 3.63) is 0 Å². The van der Waals surface area contributed by atoms with Crippen LogP contribution in [0.1, 0.15) is 112 Å². The van der Waals surface area contributed by atoms with Crippen molar-refractivity contribution in [1.29, 1.82) is 0 Å². The van der Waals surface area contributed by atoms with E-state index < -0.39 is 5.60 Å². The Bertz CT molecular complexity index is 297. The molecule has 0 aromatic heterocycles. The molecule has 1 unspecified atom stereocenters. The summed E-state index contributed by atoms with van der Waals surface area (Å²) in [6, 6.07) is 0. The van der Waals surface area contributed by atoms with Gasteiger partial charge < -0.3 is 0 Å². The maximum Gasteiger partial charge on any atom is 0.348 e. The molecule has 4 nitrogen and oxygen atoms in total. The first-order valence-corrected chi connectivity index (χ1v) is 9.97. The molecule has 0 aliphatic heterocycles. The second kappa shape index (κ2) is 14.7. The molecule has 0 N–H and O–H groups in total. The third kappa shape index (κ3) is 14.9. The Balaban J connectivity index is 4.12. The van der Waals surface area contributed by atoms with E-state index >= 15 is 0 Å². The molecule has 144 valence electrons.